The van der Waals surface area contributed by atoms with E-state index in [4.69, 9.17) is 0 Å². The van der Waals surface area contributed by atoms with Crippen LogP contribution in [0.25, 0.3) is 0 Å². The lowest BCUT2D eigenvalue weighted by Crippen LogP contribution is -1.89. The van der Waals surface area contributed by atoms with E-state index in [0.29, 0.717) is 0 Å². The van der Waals surface area contributed by atoms with Crippen LogP contribution in [0.15, 0.2) is 12.2 Å². The summed E-state index contributed by atoms with van der Waals surface area (Å²) < 4.78 is 0. The average Bonchev–Trinajstić information content (AvgIpc) is 1.89. The van der Waals surface area contributed by atoms with Crippen LogP contribution in [-0.4, -0.2) is 0 Å². The van der Waals surface area contributed by atoms with Gasteiger partial charge in [-0.3, -0.25) is 0 Å². The molecule has 1 atom stereocenters. The van der Waals surface area contributed by atoms with Gasteiger partial charge in [-0.2, -0.15) is 0 Å². The Morgan fingerprint density at radius 3 is 2.67 bits per heavy atom. The highest BCUT2D eigenvalue weighted by Gasteiger charge is 1.94. The van der Waals surface area contributed by atoms with Crippen LogP contribution < -0.4 is 0 Å². The molecule has 0 amide bonds. The van der Waals surface area contributed by atoms with E-state index >= 15 is 0 Å². The molecule has 0 heteroatoms. The van der Waals surface area contributed by atoms with E-state index in [1.165, 1.54) is 12.8 Å². The Labute approximate surface area is 59.0 Å². The van der Waals surface area contributed by atoms with Gasteiger partial charge < -0.3 is 0 Å². The molecular weight excluding hydrogens is 108 g/mol. The van der Waals surface area contributed by atoms with E-state index in [1.807, 2.05) is 0 Å². The second-order valence-electron chi connectivity index (χ2n) is 2.54. The average molecular weight is 125 g/mol. The van der Waals surface area contributed by atoms with Crippen molar-refractivity contribution in [1.29, 1.82) is 0 Å². The molecule has 9 heavy (non-hydrogen) atoms. The molecule has 0 aliphatic carbocycles. The Morgan fingerprint density at radius 1 is 1.56 bits per heavy atom. The largest absolute Gasteiger partial charge is 0.0917 e. The maximum Gasteiger partial charge on any atom is -0.0348 e. The Bertz CT molecular complexity index is 72.1. The summed E-state index contributed by atoms with van der Waals surface area (Å²) in [5, 5.41) is 0. The zero-order chi connectivity index (χ0) is 7.11. The summed E-state index contributed by atoms with van der Waals surface area (Å²) in [7, 11) is 0. The molecule has 0 saturated carbocycles. The molecule has 53 valence electrons. The second kappa shape index (κ2) is 5.87. The first-order valence-electron chi connectivity index (χ1n) is 3.71. The van der Waals surface area contributed by atoms with Gasteiger partial charge in [-0.1, -0.05) is 32.4 Å². The molecule has 0 saturated heterocycles. The van der Waals surface area contributed by atoms with Gasteiger partial charge in [-0.15, -0.1) is 0 Å². The van der Waals surface area contributed by atoms with E-state index in [9.17, 15) is 0 Å². The third kappa shape index (κ3) is 5.61. The molecule has 0 N–H and O–H groups in total. The lowest BCUT2D eigenvalue weighted by atomic mass is 10.0. The fourth-order valence-electron chi connectivity index (χ4n) is 0.692. The van der Waals surface area contributed by atoms with Gasteiger partial charge in [0, 0.05) is 0 Å². The summed E-state index contributed by atoms with van der Waals surface area (Å²) in [5.41, 5.74) is 0. The van der Waals surface area contributed by atoms with Crippen LogP contribution >= 0.6 is 0 Å². The van der Waals surface area contributed by atoms with E-state index in [0.717, 1.165) is 12.3 Å². The van der Waals surface area contributed by atoms with Crippen LogP contribution in [0.5, 0.6) is 0 Å². The lowest BCUT2D eigenvalue weighted by Gasteiger charge is -2.03. The first-order chi connectivity index (χ1) is 4.31. The quantitative estimate of drug-likeness (QED) is 0.506. The first-order valence-corrected chi connectivity index (χ1v) is 3.71. The minimum atomic E-state index is 0.793. The Morgan fingerprint density at radius 2 is 2.22 bits per heavy atom. The van der Waals surface area contributed by atoms with Crippen molar-refractivity contribution in [2.45, 2.75) is 33.1 Å². The Balaban J connectivity index is 3.06. The van der Waals surface area contributed by atoms with Crippen molar-refractivity contribution in [3.8, 4) is 0 Å². The van der Waals surface area contributed by atoms with Gasteiger partial charge in [0.25, 0.3) is 0 Å². The highest BCUT2D eigenvalue weighted by atomic mass is 14.0. The second-order valence-corrected chi connectivity index (χ2v) is 2.54. The van der Waals surface area contributed by atoms with Crippen LogP contribution in [0.3, 0.4) is 0 Å². The smallest absolute Gasteiger partial charge is 0.0348 e. The number of hydrogen-bond donors (Lipinski definition) is 0. The highest BCUT2D eigenvalue weighted by Crippen LogP contribution is 2.08. The molecule has 0 aliphatic heterocycles. The molecule has 0 aromatic carbocycles. The summed E-state index contributed by atoms with van der Waals surface area (Å²) in [4.78, 5) is 0. The van der Waals surface area contributed by atoms with E-state index in [-0.39, 0.29) is 0 Å². The molecular formula is C9H17. The molecule has 0 nitrogen and oxygen atoms in total. The topological polar surface area (TPSA) is 0 Å². The summed E-state index contributed by atoms with van der Waals surface area (Å²) in [6, 6.07) is 0. The zero-order valence-corrected chi connectivity index (χ0v) is 6.56. The Kier molecular flexibility index (Phi) is 5.70. The van der Waals surface area contributed by atoms with Crippen molar-refractivity contribution in [3.63, 3.8) is 0 Å². The van der Waals surface area contributed by atoms with Crippen molar-refractivity contribution < 1.29 is 0 Å². The molecule has 0 aromatic rings. The number of hydrogen-bond acceptors (Lipinski definition) is 0. The predicted octanol–water partition coefficient (Wildman–Crippen LogP) is 3.20. The SMILES string of the molecule is [CH2]CC(C)CCC=CC. The maximum atomic E-state index is 3.84. The van der Waals surface area contributed by atoms with Crippen molar-refractivity contribution in [1.82, 2.24) is 0 Å². The van der Waals surface area contributed by atoms with Crippen molar-refractivity contribution in [2.24, 2.45) is 5.92 Å². The zero-order valence-electron chi connectivity index (χ0n) is 6.56. The van der Waals surface area contributed by atoms with Gasteiger partial charge >= 0.3 is 0 Å². The van der Waals surface area contributed by atoms with E-state index in [1.54, 1.807) is 0 Å². The van der Waals surface area contributed by atoms with Crippen LogP contribution in [0.4, 0.5) is 0 Å². The molecule has 0 aliphatic rings. The fraction of sp³-hybridized carbons (Fsp3) is 0.667. The van der Waals surface area contributed by atoms with Crippen molar-refractivity contribution in [2.75, 3.05) is 0 Å². The van der Waals surface area contributed by atoms with Gasteiger partial charge in [-0.25, -0.2) is 0 Å². The minimum Gasteiger partial charge on any atom is -0.0917 e. The van der Waals surface area contributed by atoms with Gasteiger partial charge in [0.1, 0.15) is 0 Å². The molecule has 0 bridgehead atoms. The molecule has 0 heterocycles. The molecule has 1 radical (unpaired) electrons. The maximum absolute atomic E-state index is 3.84. The molecule has 0 spiro atoms. The molecule has 0 rings (SSSR count). The third-order valence-electron chi connectivity index (χ3n) is 1.55. The number of allylic oxidation sites excluding steroid dienone is 2. The molecule has 0 fully saturated rings. The summed E-state index contributed by atoms with van der Waals surface area (Å²) in [6.45, 7) is 8.15. The van der Waals surface area contributed by atoms with Crippen LogP contribution in [0, 0.1) is 12.8 Å². The third-order valence-corrected chi connectivity index (χ3v) is 1.55. The summed E-state index contributed by atoms with van der Waals surface area (Å²) >= 11 is 0. The van der Waals surface area contributed by atoms with Gasteiger partial charge in [-0.05, 0) is 25.7 Å². The molecule has 0 aromatic heterocycles. The fourth-order valence-corrected chi connectivity index (χ4v) is 0.692. The van der Waals surface area contributed by atoms with Crippen molar-refractivity contribution in [3.05, 3.63) is 19.1 Å². The lowest BCUT2D eigenvalue weighted by molar-refractivity contribution is 0.545. The highest BCUT2D eigenvalue weighted by molar-refractivity contribution is 4.77. The van der Waals surface area contributed by atoms with Gasteiger partial charge in [0.15, 0.2) is 0 Å². The predicted molar refractivity (Wildman–Crippen MR) is 43.2 cm³/mol. The van der Waals surface area contributed by atoms with Crippen LogP contribution in [0.2, 0.25) is 0 Å². The normalized spacial score (nSPS) is 14.6. The van der Waals surface area contributed by atoms with Gasteiger partial charge in [0.05, 0.1) is 0 Å². The summed E-state index contributed by atoms with van der Waals surface area (Å²) in [5.74, 6) is 0.793. The first kappa shape index (κ1) is 8.74. The van der Waals surface area contributed by atoms with Crippen LogP contribution in [0.1, 0.15) is 33.1 Å². The minimum absolute atomic E-state index is 0.793. The monoisotopic (exact) mass is 125 g/mol. The van der Waals surface area contributed by atoms with Gasteiger partial charge in [0.2, 0.25) is 0 Å². The standard InChI is InChI=1S/C9H17/c1-4-6-7-8-9(3)5-2/h4,6,9H,2,5,7-8H2,1,3H3. The van der Waals surface area contributed by atoms with E-state index in [2.05, 4.69) is 32.9 Å². The molecule has 1 unspecified atom stereocenters. The van der Waals surface area contributed by atoms with Crippen molar-refractivity contribution >= 4 is 0 Å². The summed E-state index contributed by atoms with van der Waals surface area (Å²) in [6.07, 6.45) is 7.89. The Hall–Kier alpha value is -0.260. The van der Waals surface area contributed by atoms with E-state index < -0.39 is 0 Å². The number of rotatable bonds is 4. The van der Waals surface area contributed by atoms with Crippen LogP contribution in [-0.2, 0) is 0 Å².